The van der Waals surface area contributed by atoms with Gasteiger partial charge in [0.05, 0.1) is 21.2 Å². The molecule has 1 heterocycles. The Morgan fingerprint density at radius 2 is 2.04 bits per heavy atom. The molecule has 5 nitrogen and oxygen atoms in total. The summed E-state index contributed by atoms with van der Waals surface area (Å²) in [5.41, 5.74) is -0.251. The molecule has 0 aliphatic rings. The van der Waals surface area contributed by atoms with Gasteiger partial charge in [0, 0.05) is 24.0 Å². The number of aromatic nitrogens is 1. The zero-order chi connectivity index (χ0) is 18.0. The largest absolute Gasteiger partial charge is 0.417 e. The number of primary sulfonamides is 1. The first-order valence-electron chi connectivity index (χ1n) is 7.02. The highest BCUT2D eigenvalue weighted by molar-refractivity contribution is 7.89. The number of nitrogens with zero attached hydrogens (tertiary/aromatic N) is 1. The van der Waals surface area contributed by atoms with E-state index in [-0.39, 0.29) is 5.69 Å². The van der Waals surface area contributed by atoms with Crippen LogP contribution in [0.15, 0.2) is 28.5 Å². The molecule has 0 atom stereocenters. The van der Waals surface area contributed by atoms with Crippen LogP contribution in [0.1, 0.15) is 23.2 Å². The number of hydrogen-bond donors (Lipinski definition) is 2. The Labute approximate surface area is 141 Å². The van der Waals surface area contributed by atoms with Crippen molar-refractivity contribution in [3.8, 4) is 0 Å². The van der Waals surface area contributed by atoms with Gasteiger partial charge in [0.1, 0.15) is 0 Å². The minimum atomic E-state index is -4.82. The summed E-state index contributed by atoms with van der Waals surface area (Å²) in [5.74, 6) is 0. The fourth-order valence-corrected chi connectivity index (χ4v) is 3.59. The Morgan fingerprint density at radius 1 is 1.33 bits per heavy atom. The molecule has 0 spiro atoms. The predicted molar refractivity (Wildman–Crippen MR) is 86.5 cm³/mol. The molecule has 0 aliphatic heterocycles. The number of anilines is 1. The Kier molecular flexibility index (Phi) is 5.51. The second kappa shape index (κ2) is 7.08. The molecule has 0 aliphatic carbocycles. The molecule has 1 aromatic carbocycles. The lowest BCUT2D eigenvalue weighted by Gasteiger charge is -2.14. The Bertz CT molecular complexity index is 817. The van der Waals surface area contributed by atoms with Gasteiger partial charge in [0.15, 0.2) is 0 Å². The molecular formula is C14H16F3N3O2S2. The summed E-state index contributed by atoms with van der Waals surface area (Å²) >= 11 is 1.54. The number of nitrogens with one attached hydrogen (secondary N) is 1. The normalized spacial score (nSPS) is 12.4. The van der Waals surface area contributed by atoms with Crippen molar-refractivity contribution in [3.63, 3.8) is 0 Å². The molecule has 0 amide bonds. The van der Waals surface area contributed by atoms with E-state index < -0.39 is 26.7 Å². The fraction of sp³-hybridized carbons (Fsp3) is 0.357. The Hall–Kier alpha value is -1.65. The van der Waals surface area contributed by atoms with Crippen LogP contribution >= 0.6 is 11.3 Å². The van der Waals surface area contributed by atoms with E-state index in [9.17, 15) is 21.6 Å². The second-order valence-electron chi connectivity index (χ2n) is 5.02. The Balaban J connectivity index is 2.14. The Morgan fingerprint density at radius 3 is 2.58 bits per heavy atom. The van der Waals surface area contributed by atoms with Crippen LogP contribution in [0.4, 0.5) is 18.9 Å². The van der Waals surface area contributed by atoms with Crippen LogP contribution in [0.5, 0.6) is 0 Å². The van der Waals surface area contributed by atoms with Crippen LogP contribution in [-0.2, 0) is 29.0 Å². The van der Waals surface area contributed by atoms with Crippen molar-refractivity contribution >= 4 is 27.0 Å². The van der Waals surface area contributed by atoms with E-state index in [1.165, 1.54) is 17.4 Å². The lowest BCUT2D eigenvalue weighted by molar-refractivity contribution is -0.139. The van der Waals surface area contributed by atoms with Crippen molar-refractivity contribution in [2.24, 2.45) is 5.14 Å². The number of sulfonamides is 1. The minimum Gasteiger partial charge on any atom is -0.385 e. The number of rotatable bonds is 6. The van der Waals surface area contributed by atoms with E-state index in [2.05, 4.69) is 10.3 Å². The van der Waals surface area contributed by atoms with Gasteiger partial charge in [-0.1, -0.05) is 6.92 Å². The molecule has 0 radical (unpaired) electrons. The molecule has 132 valence electrons. The molecule has 0 unspecified atom stereocenters. The molecule has 10 heteroatoms. The third-order valence-corrected chi connectivity index (χ3v) is 5.21. The number of hydrogen-bond acceptors (Lipinski definition) is 5. The summed E-state index contributed by atoms with van der Waals surface area (Å²) < 4.78 is 61.7. The summed E-state index contributed by atoms with van der Waals surface area (Å²) in [6, 6.07) is 2.87. The number of nitrogens with two attached hydrogens (primary N) is 1. The number of aryl methyl sites for hydroxylation is 1. The molecule has 0 bridgehead atoms. The lowest BCUT2D eigenvalue weighted by Crippen LogP contribution is -2.19. The van der Waals surface area contributed by atoms with Gasteiger partial charge in [-0.15, -0.1) is 11.3 Å². The van der Waals surface area contributed by atoms with Gasteiger partial charge in [-0.3, -0.25) is 0 Å². The molecular weight excluding hydrogens is 363 g/mol. The highest BCUT2D eigenvalue weighted by atomic mass is 32.2. The maximum absolute atomic E-state index is 13.0. The van der Waals surface area contributed by atoms with Crippen molar-refractivity contribution in [2.75, 3.05) is 11.9 Å². The summed E-state index contributed by atoms with van der Waals surface area (Å²) in [4.78, 5) is 3.43. The van der Waals surface area contributed by atoms with Crippen LogP contribution in [-0.4, -0.2) is 19.9 Å². The molecule has 2 rings (SSSR count). The third kappa shape index (κ3) is 4.68. The topological polar surface area (TPSA) is 85.1 Å². The number of thiazole rings is 1. The second-order valence-corrected chi connectivity index (χ2v) is 7.49. The summed E-state index contributed by atoms with van der Waals surface area (Å²) in [6.45, 7) is 2.37. The van der Waals surface area contributed by atoms with Crippen LogP contribution in [0.3, 0.4) is 0 Å². The molecule has 0 saturated carbocycles. The number of alkyl halides is 3. The van der Waals surface area contributed by atoms with Gasteiger partial charge in [0.2, 0.25) is 10.0 Å². The van der Waals surface area contributed by atoms with Crippen molar-refractivity contribution < 1.29 is 21.6 Å². The third-order valence-electron chi connectivity index (χ3n) is 3.20. The van der Waals surface area contributed by atoms with Gasteiger partial charge in [-0.25, -0.2) is 18.5 Å². The van der Waals surface area contributed by atoms with Crippen molar-refractivity contribution in [1.29, 1.82) is 0 Å². The van der Waals surface area contributed by atoms with Gasteiger partial charge in [-0.05, 0) is 24.6 Å². The van der Waals surface area contributed by atoms with E-state index in [0.29, 0.717) is 13.0 Å². The van der Waals surface area contributed by atoms with Gasteiger partial charge >= 0.3 is 6.18 Å². The van der Waals surface area contributed by atoms with Crippen LogP contribution in [0, 0.1) is 0 Å². The first-order valence-corrected chi connectivity index (χ1v) is 9.45. The highest BCUT2D eigenvalue weighted by Crippen LogP contribution is 2.35. The average Bonchev–Trinajstić information content (AvgIpc) is 2.93. The molecule has 24 heavy (non-hydrogen) atoms. The maximum Gasteiger partial charge on any atom is 0.417 e. The van der Waals surface area contributed by atoms with Gasteiger partial charge < -0.3 is 5.32 Å². The van der Waals surface area contributed by atoms with E-state index in [0.717, 1.165) is 29.3 Å². The standard InChI is InChI=1S/C14H16F3N3O2S2/c1-2-13-20-10(8-23-13)5-6-19-9-3-4-12(24(18,21)22)11(7-9)14(15,16)17/h3-4,7-8,19H,2,5-6H2,1H3,(H2,18,21,22). The quantitative estimate of drug-likeness (QED) is 0.808. The molecule has 2 aromatic rings. The fourth-order valence-electron chi connectivity index (χ4n) is 2.07. The minimum absolute atomic E-state index is 0.167. The van der Waals surface area contributed by atoms with Crippen LogP contribution in [0.2, 0.25) is 0 Å². The van der Waals surface area contributed by atoms with E-state index in [1.54, 1.807) is 0 Å². The highest BCUT2D eigenvalue weighted by Gasteiger charge is 2.36. The van der Waals surface area contributed by atoms with Crippen molar-refractivity contribution in [2.45, 2.75) is 30.8 Å². The van der Waals surface area contributed by atoms with Crippen molar-refractivity contribution in [3.05, 3.63) is 39.8 Å². The SMILES string of the molecule is CCc1nc(CCNc2ccc(S(N)(=O)=O)c(C(F)(F)F)c2)cs1. The number of benzene rings is 1. The van der Waals surface area contributed by atoms with Crippen molar-refractivity contribution in [1.82, 2.24) is 4.98 Å². The summed E-state index contributed by atoms with van der Waals surface area (Å²) in [5, 5.41) is 10.6. The van der Waals surface area contributed by atoms with Crippen LogP contribution in [0.25, 0.3) is 0 Å². The maximum atomic E-state index is 13.0. The first-order chi connectivity index (χ1) is 11.1. The van der Waals surface area contributed by atoms with Gasteiger partial charge in [-0.2, -0.15) is 13.2 Å². The first kappa shape index (κ1) is 18.7. The summed E-state index contributed by atoms with van der Waals surface area (Å²) in [6.07, 6.45) is -3.43. The lowest BCUT2D eigenvalue weighted by atomic mass is 10.2. The molecule has 0 saturated heterocycles. The van der Waals surface area contributed by atoms with E-state index in [1.807, 2.05) is 12.3 Å². The van der Waals surface area contributed by atoms with Crippen LogP contribution < -0.4 is 10.5 Å². The number of halogens is 3. The smallest absolute Gasteiger partial charge is 0.385 e. The van der Waals surface area contributed by atoms with E-state index >= 15 is 0 Å². The zero-order valence-corrected chi connectivity index (χ0v) is 14.4. The molecule has 1 aromatic heterocycles. The average molecular weight is 379 g/mol. The molecule has 3 N–H and O–H groups in total. The molecule has 0 fully saturated rings. The zero-order valence-electron chi connectivity index (χ0n) is 12.7. The summed E-state index contributed by atoms with van der Waals surface area (Å²) in [7, 11) is -4.45. The predicted octanol–water partition coefficient (Wildman–Crippen LogP) is 3.03. The monoisotopic (exact) mass is 379 g/mol. The van der Waals surface area contributed by atoms with E-state index in [4.69, 9.17) is 5.14 Å². The van der Waals surface area contributed by atoms with Gasteiger partial charge in [0.25, 0.3) is 0 Å².